The molecular weight excluding hydrogens is 987 g/mol. The Kier molecular flexibility index (Phi) is 25.5. The third-order valence-corrected chi connectivity index (χ3v) is 13.6. The predicted molar refractivity (Wildman–Crippen MR) is 249 cm³/mol. The SMILES string of the molecule is CC/C=C\C/C=C\C/C=C\C/C=C\C/C=C\CCCC(=O)SCCNC(=O)CCNC(=O)[C@H](O)C(C)(C)COP(=O)([O-])OP(=O)([O-])OC[C@H]1O[C@@H](n2cnc3c(N)ncnc32)[C@H](O)[C@@H]1OP(=O)([O-])O. The Balaban J connectivity index is 1.31. The Morgan fingerprint density at radius 2 is 1.52 bits per heavy atom. The number of hydrogen-bond acceptors (Lipinski definition) is 21. The van der Waals surface area contributed by atoms with E-state index >= 15 is 0 Å². The summed E-state index contributed by atoms with van der Waals surface area (Å²) in [6.45, 7) is 2.27. The van der Waals surface area contributed by atoms with Crippen LogP contribution in [-0.2, 0) is 50.7 Å². The first-order valence-electron chi connectivity index (χ1n) is 21.8. The number of phosphoric acid groups is 3. The van der Waals surface area contributed by atoms with Gasteiger partial charge in [-0.1, -0.05) is 93.3 Å². The molecule has 3 rings (SSSR count). The minimum Gasteiger partial charge on any atom is -0.756 e. The third kappa shape index (κ3) is 22.5. The Bertz CT molecular complexity index is 2270. The van der Waals surface area contributed by atoms with Gasteiger partial charge >= 0.3 is 0 Å². The van der Waals surface area contributed by atoms with Gasteiger partial charge in [0, 0.05) is 37.1 Å². The Morgan fingerprint density at radius 3 is 2.14 bits per heavy atom. The molecule has 24 nitrogen and oxygen atoms in total. The molecule has 7 N–H and O–H groups in total. The number of carbonyl (C=O) groups is 3. The number of nitrogens with zero attached hydrogens (tertiary/aromatic N) is 4. The highest BCUT2D eigenvalue weighted by atomic mass is 32.2. The number of unbranched alkanes of at least 4 members (excludes halogenated alkanes) is 1. The summed E-state index contributed by atoms with van der Waals surface area (Å²) in [6, 6.07) is 0. The molecule has 2 amide bonds. The Hall–Kier alpha value is -3.74. The molecule has 0 bridgehead atoms. The zero-order valence-electron chi connectivity index (χ0n) is 38.4. The number of nitrogen functional groups attached to an aromatic ring is 1. The lowest BCUT2D eigenvalue weighted by atomic mass is 9.87. The monoisotopic (exact) mass is 1050 g/mol. The average molecular weight is 1050 g/mol. The Morgan fingerprint density at radius 1 is 0.913 bits per heavy atom. The molecule has 3 unspecified atom stereocenters. The first-order chi connectivity index (χ1) is 32.6. The summed E-state index contributed by atoms with van der Waals surface area (Å²) in [5, 5.41) is 26.4. The lowest BCUT2D eigenvalue weighted by Gasteiger charge is -2.35. The number of thioether (sulfide) groups is 1. The van der Waals surface area contributed by atoms with Crippen LogP contribution >= 0.6 is 35.2 Å². The number of anilines is 1. The van der Waals surface area contributed by atoms with Crippen molar-refractivity contribution in [3.05, 3.63) is 73.4 Å². The molecule has 0 aliphatic carbocycles. The van der Waals surface area contributed by atoms with E-state index in [9.17, 15) is 57.9 Å². The smallest absolute Gasteiger partial charge is 0.274 e. The van der Waals surface area contributed by atoms with E-state index < -0.39 is 84.6 Å². The van der Waals surface area contributed by atoms with Crippen molar-refractivity contribution >= 4 is 69.1 Å². The Labute approximate surface area is 404 Å². The van der Waals surface area contributed by atoms with E-state index in [2.05, 4.69) is 105 Å². The maximum Gasteiger partial charge on any atom is 0.274 e. The number of ether oxygens (including phenoxy) is 1. The van der Waals surface area contributed by atoms with Crippen LogP contribution < -0.4 is 31.0 Å². The fraction of sp³-hybridized carbons (Fsp3) is 0.561. The topological polar surface area (TPSA) is 372 Å². The molecule has 2 aromatic rings. The van der Waals surface area contributed by atoms with Gasteiger partial charge in [-0.25, -0.2) is 19.3 Å². The molecule has 386 valence electrons. The second-order valence-electron chi connectivity index (χ2n) is 15.8. The highest BCUT2D eigenvalue weighted by Crippen LogP contribution is 2.56. The standard InChI is InChI=1S/C41H64N7O17P3S/c1-4-5-6-7-8-9-10-11-12-13-14-15-16-17-18-19-20-21-32(50)69-25-24-43-31(49)22-23-44-39(53)36(52)41(2,3)27-62-68(59,60)65-67(57,58)61-26-30-35(64-66(54,55)56)34(51)40(63-30)48-29-47-33-37(42)45-28-46-38(33)48/h5-6,8-9,11-12,14-15,17-18,28-30,34-36,40,51-52H,4,7,10,13,16,19-27H2,1-3H3,(H,43,49)(H,44,53)(H,57,58)(H,59,60)(H2,42,45,46)(H2,54,55,56)/p-3/b6-5-,9-8-,12-11-,15-14-,18-17-/t30-,34-,35-,36+,40-/m1/s1. The van der Waals surface area contributed by atoms with Gasteiger partial charge < -0.3 is 64.5 Å². The van der Waals surface area contributed by atoms with Gasteiger partial charge in [0.05, 0.1) is 19.5 Å². The molecule has 0 aromatic carbocycles. The molecule has 1 aliphatic heterocycles. The molecule has 28 heteroatoms. The highest BCUT2D eigenvalue weighted by Gasteiger charge is 2.48. The fourth-order valence-corrected chi connectivity index (χ4v) is 9.55. The predicted octanol–water partition coefficient (Wildman–Crippen LogP) is 2.69. The second kappa shape index (κ2) is 29.6. The second-order valence-corrected chi connectivity index (χ2v) is 21.1. The van der Waals surface area contributed by atoms with Crippen molar-refractivity contribution in [2.24, 2.45) is 5.41 Å². The van der Waals surface area contributed by atoms with Gasteiger partial charge in [0.15, 0.2) is 22.8 Å². The van der Waals surface area contributed by atoms with E-state index in [4.69, 9.17) is 10.5 Å². The van der Waals surface area contributed by atoms with E-state index in [1.807, 2.05) is 6.08 Å². The number of phosphoric ester groups is 3. The zero-order valence-corrected chi connectivity index (χ0v) is 41.9. The number of carbonyl (C=O) groups excluding carboxylic acids is 3. The van der Waals surface area contributed by atoms with Crippen LogP contribution in [0.15, 0.2) is 73.4 Å². The van der Waals surface area contributed by atoms with Crippen LogP contribution in [0, 0.1) is 5.41 Å². The quantitative estimate of drug-likeness (QED) is 0.0348. The van der Waals surface area contributed by atoms with Crippen molar-refractivity contribution in [2.45, 2.75) is 109 Å². The fourth-order valence-electron chi connectivity index (χ4n) is 6.08. The zero-order chi connectivity index (χ0) is 51.1. The van der Waals surface area contributed by atoms with Crippen molar-refractivity contribution in [1.82, 2.24) is 30.2 Å². The van der Waals surface area contributed by atoms with Crippen LogP contribution in [0.3, 0.4) is 0 Å². The minimum atomic E-state index is -5.91. The number of rotatable bonds is 32. The molecule has 1 aliphatic rings. The lowest BCUT2D eigenvalue weighted by Crippen LogP contribution is -2.46. The number of hydrogen-bond donors (Lipinski definition) is 6. The van der Waals surface area contributed by atoms with E-state index in [1.165, 1.54) is 13.8 Å². The van der Waals surface area contributed by atoms with Gasteiger partial charge in [-0.2, -0.15) is 0 Å². The molecule has 3 heterocycles. The molecule has 0 saturated carbocycles. The van der Waals surface area contributed by atoms with Crippen molar-refractivity contribution in [1.29, 1.82) is 0 Å². The summed E-state index contributed by atoms with van der Waals surface area (Å²) in [5.41, 5.74) is 4.12. The number of fused-ring (bicyclic) bond motifs is 1. The van der Waals surface area contributed by atoms with Gasteiger partial charge in [-0.3, -0.25) is 32.6 Å². The average Bonchev–Trinajstić information content (AvgIpc) is 3.84. The maximum absolute atomic E-state index is 12.6. The number of nitrogens with one attached hydrogen (secondary N) is 2. The summed E-state index contributed by atoms with van der Waals surface area (Å²) in [5.74, 6) is -1.18. The molecule has 1 saturated heterocycles. The van der Waals surface area contributed by atoms with Gasteiger partial charge in [-0.15, -0.1) is 0 Å². The number of allylic oxidation sites excluding steroid dienone is 10. The van der Waals surface area contributed by atoms with Gasteiger partial charge in [0.1, 0.15) is 36.3 Å². The molecule has 0 radical (unpaired) electrons. The molecule has 8 atom stereocenters. The van der Waals surface area contributed by atoms with E-state index in [0.29, 0.717) is 18.6 Å². The number of aromatic nitrogens is 4. The molecule has 2 aromatic heterocycles. The van der Waals surface area contributed by atoms with E-state index in [-0.39, 0.29) is 41.6 Å². The van der Waals surface area contributed by atoms with Gasteiger partial charge in [-0.05, 0) is 44.9 Å². The first-order valence-corrected chi connectivity index (χ1v) is 27.2. The number of amides is 2. The van der Waals surface area contributed by atoms with Crippen LogP contribution in [0.4, 0.5) is 5.82 Å². The number of aliphatic hydroxyl groups excluding tert-OH is 2. The molecular formula is C41H61N7O17P3S-3. The van der Waals surface area contributed by atoms with Crippen molar-refractivity contribution in [2.75, 3.05) is 37.8 Å². The molecule has 69 heavy (non-hydrogen) atoms. The number of aliphatic hydroxyl groups is 2. The molecule has 0 spiro atoms. The van der Waals surface area contributed by atoms with Crippen molar-refractivity contribution < 1.29 is 80.5 Å². The largest absolute Gasteiger partial charge is 0.756 e. The van der Waals surface area contributed by atoms with Gasteiger partial charge in [0.2, 0.25) is 11.8 Å². The lowest BCUT2D eigenvalue weighted by molar-refractivity contribution is -0.247. The van der Waals surface area contributed by atoms with E-state index in [0.717, 1.165) is 67.5 Å². The molecule has 1 fully saturated rings. The summed E-state index contributed by atoms with van der Waals surface area (Å²) >= 11 is 1.10. The van der Waals surface area contributed by atoms with Gasteiger partial charge in [0.25, 0.3) is 23.5 Å². The minimum absolute atomic E-state index is 0.000828. The van der Waals surface area contributed by atoms with E-state index in [1.54, 1.807) is 0 Å². The number of nitrogens with two attached hydrogens (primary N) is 1. The third-order valence-electron chi connectivity index (χ3n) is 9.65. The number of imidazole rings is 1. The van der Waals surface area contributed by atoms with Crippen molar-refractivity contribution in [3.63, 3.8) is 0 Å². The van der Waals surface area contributed by atoms with Crippen LogP contribution in [0.2, 0.25) is 0 Å². The van der Waals surface area contributed by atoms with Crippen LogP contribution in [0.1, 0.15) is 84.8 Å². The van der Waals surface area contributed by atoms with Crippen LogP contribution in [0.5, 0.6) is 0 Å². The normalized spacial score (nSPS) is 21.1. The summed E-state index contributed by atoms with van der Waals surface area (Å²) < 4.78 is 61.1. The van der Waals surface area contributed by atoms with Crippen LogP contribution in [0.25, 0.3) is 11.2 Å². The van der Waals surface area contributed by atoms with Crippen molar-refractivity contribution in [3.8, 4) is 0 Å². The summed E-state index contributed by atoms with van der Waals surface area (Å²) in [6.07, 6.45) is 20.3. The first kappa shape index (κ1) is 59.6. The highest BCUT2D eigenvalue weighted by molar-refractivity contribution is 8.13. The van der Waals surface area contributed by atoms with Crippen LogP contribution in [-0.4, -0.2) is 108 Å². The maximum atomic E-state index is 12.6. The summed E-state index contributed by atoms with van der Waals surface area (Å²) in [7, 11) is -17.4. The summed E-state index contributed by atoms with van der Waals surface area (Å²) in [4.78, 5) is 94.8.